The van der Waals surface area contributed by atoms with Crippen molar-refractivity contribution >= 4 is 17.8 Å². The number of amides is 1. The van der Waals surface area contributed by atoms with Crippen molar-refractivity contribution < 1.29 is 9.53 Å². The molecule has 1 unspecified atom stereocenters. The van der Waals surface area contributed by atoms with Gasteiger partial charge in [-0.3, -0.25) is 4.79 Å². The van der Waals surface area contributed by atoms with Gasteiger partial charge in [0.1, 0.15) is 5.75 Å². The fourth-order valence-electron chi connectivity index (χ4n) is 4.22. The highest BCUT2D eigenvalue weighted by Gasteiger charge is 2.36. The Hall–Kier alpha value is -2.82. The van der Waals surface area contributed by atoms with Gasteiger partial charge in [0.25, 0.3) is 5.91 Å². The number of carbonyl (C=O) groups excluding carboxylic acids is 1. The van der Waals surface area contributed by atoms with Crippen molar-refractivity contribution in [3.63, 3.8) is 0 Å². The van der Waals surface area contributed by atoms with Crippen molar-refractivity contribution in [2.45, 2.75) is 45.6 Å². The Kier molecular flexibility index (Phi) is 5.73. The molecule has 1 aliphatic rings. The second-order valence-electron chi connectivity index (χ2n) is 7.88. The summed E-state index contributed by atoms with van der Waals surface area (Å²) in [6.45, 7) is 9.96. The summed E-state index contributed by atoms with van der Waals surface area (Å²) < 4.78 is 5.62. The second-order valence-corrected chi connectivity index (χ2v) is 7.88. The van der Waals surface area contributed by atoms with Crippen molar-refractivity contribution in [3.05, 3.63) is 59.2 Å². The van der Waals surface area contributed by atoms with Crippen LogP contribution in [0.15, 0.2) is 47.6 Å². The van der Waals surface area contributed by atoms with E-state index in [1.807, 2.05) is 18.2 Å². The molecule has 0 aliphatic carbocycles. The zero-order valence-corrected chi connectivity index (χ0v) is 17.3. The molecule has 2 aromatic rings. The third-order valence-corrected chi connectivity index (χ3v) is 5.46. The van der Waals surface area contributed by atoms with Crippen LogP contribution >= 0.6 is 0 Å². The van der Waals surface area contributed by atoms with Gasteiger partial charge in [0.2, 0.25) is 0 Å². The molecule has 0 saturated carbocycles. The van der Waals surface area contributed by atoms with Crippen LogP contribution in [-0.2, 0) is 0 Å². The van der Waals surface area contributed by atoms with Crippen LogP contribution in [-0.4, -0.2) is 31.3 Å². The van der Waals surface area contributed by atoms with E-state index in [0.717, 1.165) is 24.3 Å². The third-order valence-electron chi connectivity index (χ3n) is 5.46. The van der Waals surface area contributed by atoms with E-state index in [-0.39, 0.29) is 11.4 Å². The highest BCUT2D eigenvalue weighted by Crippen LogP contribution is 2.45. The minimum absolute atomic E-state index is 0.103. The maximum atomic E-state index is 12.2. The molecule has 5 heteroatoms. The molecule has 1 N–H and O–H groups in total. The van der Waals surface area contributed by atoms with E-state index in [1.54, 1.807) is 25.5 Å². The average Bonchev–Trinajstić information content (AvgIpc) is 2.68. The molecule has 28 heavy (non-hydrogen) atoms. The summed E-state index contributed by atoms with van der Waals surface area (Å²) in [5.41, 5.74) is 6.63. The SMILES string of the molecule is CCN1c2cc(OC)c(/C=N\NC(=O)c3ccccc3)cc2C(C)CC1(C)C. The fourth-order valence-corrected chi connectivity index (χ4v) is 4.22. The quantitative estimate of drug-likeness (QED) is 0.611. The summed E-state index contributed by atoms with van der Waals surface area (Å²) in [7, 11) is 1.66. The van der Waals surface area contributed by atoms with E-state index < -0.39 is 0 Å². The number of fused-ring (bicyclic) bond motifs is 1. The van der Waals surface area contributed by atoms with E-state index in [4.69, 9.17) is 4.74 Å². The predicted molar refractivity (Wildman–Crippen MR) is 115 cm³/mol. The lowest BCUT2D eigenvalue weighted by molar-refractivity contribution is 0.0955. The summed E-state index contributed by atoms with van der Waals surface area (Å²) in [6.07, 6.45) is 2.74. The van der Waals surface area contributed by atoms with Gasteiger partial charge >= 0.3 is 0 Å². The predicted octanol–water partition coefficient (Wildman–Crippen LogP) is 4.57. The number of hydrogen-bond donors (Lipinski definition) is 1. The molecular weight excluding hydrogens is 350 g/mol. The van der Waals surface area contributed by atoms with Gasteiger partial charge in [-0.05, 0) is 56.9 Å². The first-order chi connectivity index (χ1) is 13.4. The standard InChI is InChI=1S/C23H29N3O2/c1-6-26-20-13-21(28-5)18(12-19(20)16(2)14-23(26,3)4)15-24-25-22(27)17-10-8-7-9-11-17/h7-13,15-16H,6,14H2,1-5H3,(H,25,27)/b24-15-. The van der Waals surface area contributed by atoms with Crippen LogP contribution in [0.1, 0.15) is 61.5 Å². The van der Waals surface area contributed by atoms with Crippen LogP contribution in [0, 0.1) is 0 Å². The lowest BCUT2D eigenvalue weighted by Gasteiger charge is -2.47. The number of rotatable bonds is 5. The molecule has 3 rings (SSSR count). The first-order valence-corrected chi connectivity index (χ1v) is 9.75. The number of anilines is 1. The Balaban J connectivity index is 1.88. The number of carbonyl (C=O) groups is 1. The lowest BCUT2D eigenvalue weighted by atomic mass is 9.79. The van der Waals surface area contributed by atoms with Gasteiger partial charge in [0, 0.05) is 35.0 Å². The van der Waals surface area contributed by atoms with Crippen molar-refractivity contribution in [1.29, 1.82) is 0 Å². The molecule has 5 nitrogen and oxygen atoms in total. The zero-order chi connectivity index (χ0) is 20.3. The van der Waals surface area contributed by atoms with Gasteiger partial charge in [-0.2, -0.15) is 5.10 Å². The van der Waals surface area contributed by atoms with E-state index in [0.29, 0.717) is 11.5 Å². The molecule has 1 amide bonds. The Morgan fingerprint density at radius 3 is 2.68 bits per heavy atom. The molecule has 1 atom stereocenters. The summed E-state index contributed by atoms with van der Waals surface area (Å²) in [4.78, 5) is 14.6. The largest absolute Gasteiger partial charge is 0.496 e. The summed E-state index contributed by atoms with van der Waals surface area (Å²) >= 11 is 0. The molecule has 0 saturated heterocycles. The van der Waals surface area contributed by atoms with Gasteiger partial charge in [-0.25, -0.2) is 5.43 Å². The van der Waals surface area contributed by atoms with Crippen molar-refractivity contribution in [3.8, 4) is 5.75 Å². The van der Waals surface area contributed by atoms with Crippen LogP contribution in [0.3, 0.4) is 0 Å². The van der Waals surface area contributed by atoms with Crippen molar-refractivity contribution in [2.75, 3.05) is 18.6 Å². The maximum Gasteiger partial charge on any atom is 0.271 e. The van der Waals surface area contributed by atoms with E-state index in [2.05, 4.69) is 55.3 Å². The van der Waals surface area contributed by atoms with E-state index in [9.17, 15) is 4.79 Å². The summed E-state index contributed by atoms with van der Waals surface area (Å²) in [6, 6.07) is 13.3. The molecule has 0 spiro atoms. The topological polar surface area (TPSA) is 53.9 Å². The number of methoxy groups -OCH3 is 1. The maximum absolute atomic E-state index is 12.2. The van der Waals surface area contributed by atoms with Crippen molar-refractivity contribution in [1.82, 2.24) is 5.43 Å². The number of nitrogens with zero attached hydrogens (tertiary/aromatic N) is 2. The van der Waals surface area contributed by atoms with Crippen LogP contribution in [0.4, 0.5) is 5.69 Å². The number of nitrogens with one attached hydrogen (secondary N) is 1. The second kappa shape index (κ2) is 8.05. The van der Waals surface area contributed by atoms with Gasteiger partial charge in [0.15, 0.2) is 0 Å². The highest BCUT2D eigenvalue weighted by molar-refractivity contribution is 5.95. The van der Waals surface area contributed by atoms with Gasteiger partial charge in [-0.1, -0.05) is 25.1 Å². The van der Waals surface area contributed by atoms with Crippen molar-refractivity contribution in [2.24, 2.45) is 5.10 Å². The molecule has 1 heterocycles. The number of ether oxygens (including phenoxy) is 1. The molecule has 0 aromatic heterocycles. The highest BCUT2D eigenvalue weighted by atomic mass is 16.5. The van der Waals surface area contributed by atoms with E-state index >= 15 is 0 Å². The lowest BCUT2D eigenvalue weighted by Crippen LogP contribution is -2.48. The molecule has 0 fully saturated rings. The first-order valence-electron chi connectivity index (χ1n) is 9.75. The molecule has 2 aromatic carbocycles. The number of hydrogen-bond acceptors (Lipinski definition) is 4. The van der Waals surface area contributed by atoms with Crippen LogP contribution in [0.25, 0.3) is 0 Å². The van der Waals surface area contributed by atoms with Gasteiger partial charge < -0.3 is 9.64 Å². The monoisotopic (exact) mass is 379 g/mol. The zero-order valence-electron chi connectivity index (χ0n) is 17.3. The number of hydrazone groups is 1. The minimum Gasteiger partial charge on any atom is -0.496 e. The summed E-state index contributed by atoms with van der Waals surface area (Å²) in [5, 5.41) is 4.15. The van der Waals surface area contributed by atoms with Crippen LogP contribution < -0.4 is 15.1 Å². The average molecular weight is 380 g/mol. The van der Waals surface area contributed by atoms with Gasteiger partial charge in [-0.15, -0.1) is 0 Å². The normalized spacial score (nSPS) is 18.0. The Morgan fingerprint density at radius 2 is 2.04 bits per heavy atom. The van der Waals surface area contributed by atoms with E-state index in [1.165, 1.54) is 11.3 Å². The van der Waals surface area contributed by atoms with Gasteiger partial charge in [0.05, 0.1) is 13.3 Å². The molecule has 148 valence electrons. The summed E-state index contributed by atoms with van der Waals surface area (Å²) in [5.74, 6) is 0.950. The molecular formula is C23H29N3O2. The van der Waals surface area contributed by atoms with Crippen LogP contribution in [0.2, 0.25) is 0 Å². The first kappa shape index (κ1) is 19.9. The molecule has 1 aliphatic heterocycles. The molecule has 0 radical (unpaired) electrons. The minimum atomic E-state index is -0.235. The third kappa shape index (κ3) is 3.88. The Morgan fingerprint density at radius 1 is 1.32 bits per heavy atom. The van der Waals surface area contributed by atoms with Crippen LogP contribution in [0.5, 0.6) is 5.75 Å². The Bertz CT molecular complexity index is 875. The Labute approximate surface area is 167 Å². The molecule has 0 bridgehead atoms. The number of benzene rings is 2. The smallest absolute Gasteiger partial charge is 0.271 e. The fraction of sp³-hybridized carbons (Fsp3) is 0.391.